The Morgan fingerprint density at radius 1 is 0.240 bits per heavy atom. The van der Waals surface area contributed by atoms with Crippen molar-refractivity contribution < 1.29 is 8.83 Å². The summed E-state index contributed by atoms with van der Waals surface area (Å²) in [5.41, 5.74) is 42.7. The van der Waals surface area contributed by atoms with E-state index in [0.717, 1.165) is 141 Å². The van der Waals surface area contributed by atoms with E-state index in [1.54, 1.807) is 0 Å². The van der Waals surface area contributed by atoms with Crippen LogP contribution in [0.25, 0.3) is 166 Å². The molecule has 146 heavy (non-hydrogen) atoms. The molecule has 28 rings (SSSR count). The maximum atomic E-state index is 7.58. The van der Waals surface area contributed by atoms with E-state index in [9.17, 15) is 0 Å². The SMILES string of the molecule is C1=CCCC(C2(c3ccccc3)c3ccccc3-c3c(-c4ccccc4N(c4ccccc4-c4ccc5c(c4)oc4c(-c6ccc7c(c6)-c6ccc(-c8ccc(N(c9ccccc9-c9ccc%10c(c9)oc9ccccc9%10)c9ccccc9-c9cccc%10cccc(C%11CCCCC%11)c9%10)cc8)cc6C7(c6ccccc6)c6ccccc6)cccc45)c4ccccc4-c4cccc5cccc(C6CCCCC6)c45)cccc32)=C1. The number of furan rings is 2. The van der Waals surface area contributed by atoms with Gasteiger partial charge >= 0.3 is 0 Å². The smallest absolute Gasteiger partial charge is 0.143 e. The van der Waals surface area contributed by atoms with Crippen LogP contribution >= 0.6 is 0 Å². The van der Waals surface area contributed by atoms with Crippen molar-refractivity contribution >= 4 is 99.5 Å². The number of anilines is 6. The Hall–Kier alpha value is -17.2. The van der Waals surface area contributed by atoms with Crippen LogP contribution in [0.15, 0.2) is 500 Å². The summed E-state index contributed by atoms with van der Waals surface area (Å²) in [4.78, 5) is 5.12. The minimum Gasteiger partial charge on any atom is -0.456 e. The molecule has 0 aliphatic heterocycles. The molecule has 0 spiro atoms. The van der Waals surface area contributed by atoms with Gasteiger partial charge < -0.3 is 18.6 Å². The zero-order chi connectivity index (χ0) is 96.3. The highest BCUT2D eigenvalue weighted by molar-refractivity contribution is 6.14. The summed E-state index contributed by atoms with van der Waals surface area (Å²) < 4.78 is 14.2. The van der Waals surface area contributed by atoms with Crippen LogP contribution in [-0.4, -0.2) is 0 Å². The van der Waals surface area contributed by atoms with E-state index in [1.807, 2.05) is 0 Å². The van der Waals surface area contributed by atoms with Gasteiger partial charge in [-0.1, -0.05) is 445 Å². The van der Waals surface area contributed by atoms with Gasteiger partial charge in [-0.2, -0.15) is 0 Å². The number of para-hydroxylation sites is 7. The van der Waals surface area contributed by atoms with Gasteiger partial charge in [0.1, 0.15) is 22.3 Å². The maximum Gasteiger partial charge on any atom is 0.143 e. The van der Waals surface area contributed by atoms with Gasteiger partial charge in [0.25, 0.3) is 0 Å². The predicted octanol–water partition coefficient (Wildman–Crippen LogP) is 39.5. The van der Waals surface area contributed by atoms with E-state index in [1.165, 1.54) is 191 Å². The first-order valence-electron chi connectivity index (χ1n) is 52.6. The van der Waals surface area contributed by atoms with E-state index in [0.29, 0.717) is 11.8 Å². The molecular formula is C142H106N2O2. The molecule has 5 aliphatic rings. The van der Waals surface area contributed by atoms with Gasteiger partial charge in [0.05, 0.1) is 39.3 Å². The molecule has 5 aliphatic carbocycles. The molecule has 1 atom stereocenters. The molecule has 2 heterocycles. The van der Waals surface area contributed by atoms with Gasteiger partial charge in [-0.05, 0) is 274 Å². The third-order valence-electron chi connectivity index (χ3n) is 33.2. The molecule has 2 fully saturated rings. The van der Waals surface area contributed by atoms with Crippen LogP contribution in [0.2, 0.25) is 0 Å². The van der Waals surface area contributed by atoms with Gasteiger partial charge in [0, 0.05) is 60.6 Å². The summed E-state index contributed by atoms with van der Waals surface area (Å²) in [7, 11) is 0. The van der Waals surface area contributed by atoms with Crippen LogP contribution in [0.1, 0.15) is 139 Å². The van der Waals surface area contributed by atoms with Crippen molar-refractivity contribution in [3.63, 3.8) is 0 Å². The van der Waals surface area contributed by atoms with Crippen LogP contribution in [0.4, 0.5) is 34.1 Å². The van der Waals surface area contributed by atoms with Crippen molar-refractivity contribution in [2.75, 3.05) is 9.80 Å². The average molecular weight is 1870 g/mol. The van der Waals surface area contributed by atoms with E-state index in [4.69, 9.17) is 8.83 Å². The highest BCUT2D eigenvalue weighted by atomic mass is 16.3. The van der Waals surface area contributed by atoms with Crippen LogP contribution in [0.3, 0.4) is 0 Å². The molecule has 0 N–H and O–H groups in total. The van der Waals surface area contributed by atoms with Crippen molar-refractivity contribution in [2.45, 2.75) is 99.7 Å². The lowest BCUT2D eigenvalue weighted by atomic mass is 9.65. The highest BCUT2D eigenvalue weighted by Gasteiger charge is 2.50. The van der Waals surface area contributed by atoms with Crippen molar-refractivity contribution in [3.8, 4) is 100 Å². The van der Waals surface area contributed by atoms with E-state index in [2.05, 4.69) is 495 Å². The normalized spacial score (nSPS) is 15.4. The third-order valence-corrected chi connectivity index (χ3v) is 33.2. The highest BCUT2D eigenvalue weighted by Crippen LogP contribution is 2.64. The Balaban J connectivity index is 0.578. The first-order valence-corrected chi connectivity index (χ1v) is 52.6. The summed E-state index contributed by atoms with van der Waals surface area (Å²) in [6.07, 6.45) is 21.4. The number of hydrogen-bond donors (Lipinski definition) is 0. The molecule has 21 aromatic carbocycles. The van der Waals surface area contributed by atoms with Gasteiger partial charge in [-0.15, -0.1) is 0 Å². The maximum absolute atomic E-state index is 7.58. The summed E-state index contributed by atoms with van der Waals surface area (Å²) >= 11 is 0. The van der Waals surface area contributed by atoms with Crippen molar-refractivity contribution in [3.05, 3.63) is 541 Å². The standard InChI is InChI=1S/C142H106N2O2/c1-7-39-94(40-8-1)109-62-33-43-96-45-35-65-119(137(96)109)113-57-22-29-73-131(113)143(129-71-27-20-55-107(129)100-80-86-117-116-60-25-32-76-134(116)145-135(117)91-100)106-83-77-93(78-84-106)98-79-85-112-124-89-99(82-88-126(124)142(128(112)90-98,104-51-15-5-16-52-104)105-53-17-6-18-54-105)111-64-37-68-122-118-87-81-101(92-136(118)146-140(111)122)108-56-21-28-72-130(108)144(132-74-30-23-58-114(132)120-66-36-46-97-44-34-63-110(138(97)120)95-41-9-2-10-42-95)133-75-31-24-59-115(133)121-67-38-70-127-139(121)123-61-19-26-69-125(123)141(127,102-47-11-3-12-48-102)103-49-13-4-14-50-103/h3-6,11-13,15-38,43-49,51-92,94-95H,1-2,7-10,14,39-42,50H2. The first-order chi connectivity index (χ1) is 72.5. The number of fused-ring (bicyclic) bond motifs is 14. The number of rotatable bonds is 19. The lowest BCUT2D eigenvalue weighted by Crippen LogP contribution is -2.30. The van der Waals surface area contributed by atoms with Crippen molar-refractivity contribution in [2.24, 2.45) is 0 Å². The molecule has 0 amide bonds. The monoisotopic (exact) mass is 1870 g/mol. The van der Waals surface area contributed by atoms with Crippen LogP contribution in [0, 0.1) is 0 Å². The fraction of sp³-hybridized carbons (Fsp3) is 0.113. The largest absolute Gasteiger partial charge is 0.456 e. The average Bonchev–Trinajstić information content (AvgIpc) is 1.54. The molecule has 4 nitrogen and oxygen atoms in total. The van der Waals surface area contributed by atoms with Gasteiger partial charge in [-0.25, -0.2) is 0 Å². The minimum absolute atomic E-state index is 0.487. The number of hydrogen-bond acceptors (Lipinski definition) is 4. The van der Waals surface area contributed by atoms with Gasteiger partial charge in [-0.3, -0.25) is 0 Å². The first kappa shape index (κ1) is 86.7. The molecule has 2 aromatic heterocycles. The summed E-state index contributed by atoms with van der Waals surface area (Å²) in [6, 6.07) is 177. The Morgan fingerprint density at radius 2 is 0.658 bits per heavy atom. The number of benzene rings is 21. The minimum atomic E-state index is -0.699. The zero-order valence-corrected chi connectivity index (χ0v) is 81.5. The number of nitrogens with zero attached hydrogens (tertiary/aromatic N) is 2. The second kappa shape index (κ2) is 36.0. The molecule has 1 unspecified atom stereocenters. The third kappa shape index (κ3) is 14.1. The second-order valence-corrected chi connectivity index (χ2v) is 40.8. The second-order valence-electron chi connectivity index (χ2n) is 40.8. The number of allylic oxidation sites excluding steroid dienone is 4. The van der Waals surface area contributed by atoms with E-state index >= 15 is 0 Å². The quantitative estimate of drug-likeness (QED) is 0.0808. The lowest BCUT2D eigenvalue weighted by Gasteiger charge is -2.37. The fourth-order valence-electron chi connectivity index (χ4n) is 26.7. The molecule has 2 saturated carbocycles. The molecule has 23 aromatic rings. The molecule has 0 bridgehead atoms. The topological polar surface area (TPSA) is 32.8 Å². The lowest BCUT2D eigenvalue weighted by molar-refractivity contribution is 0.445. The van der Waals surface area contributed by atoms with Gasteiger partial charge in [0.15, 0.2) is 0 Å². The van der Waals surface area contributed by atoms with E-state index in [-0.39, 0.29) is 0 Å². The summed E-state index contributed by atoms with van der Waals surface area (Å²) in [6.45, 7) is 0. The van der Waals surface area contributed by atoms with Crippen molar-refractivity contribution in [1.82, 2.24) is 0 Å². The molecule has 4 heteroatoms. The Bertz CT molecular complexity index is 9110. The van der Waals surface area contributed by atoms with Crippen LogP contribution in [0.5, 0.6) is 0 Å². The molecular weight excluding hydrogens is 1770 g/mol. The fourth-order valence-corrected chi connectivity index (χ4v) is 26.7. The Labute approximate surface area is 852 Å². The predicted molar refractivity (Wildman–Crippen MR) is 611 cm³/mol. The summed E-state index contributed by atoms with van der Waals surface area (Å²) in [5.74, 6) is 0.998. The van der Waals surface area contributed by atoms with E-state index < -0.39 is 10.8 Å². The molecule has 0 saturated heterocycles. The summed E-state index contributed by atoms with van der Waals surface area (Å²) in [5, 5.41) is 9.63. The van der Waals surface area contributed by atoms with Crippen LogP contribution < -0.4 is 9.80 Å². The zero-order valence-electron chi connectivity index (χ0n) is 81.5. The van der Waals surface area contributed by atoms with Crippen molar-refractivity contribution in [1.29, 1.82) is 0 Å². The Kier molecular flexibility index (Phi) is 21.4. The molecule has 696 valence electrons. The molecule has 0 radical (unpaired) electrons. The van der Waals surface area contributed by atoms with Gasteiger partial charge in [0.2, 0.25) is 0 Å². The Morgan fingerprint density at radius 3 is 1.25 bits per heavy atom. The van der Waals surface area contributed by atoms with Crippen LogP contribution in [-0.2, 0) is 10.8 Å².